The minimum Gasteiger partial charge on any atom is -0.334 e. The Morgan fingerprint density at radius 2 is 2.05 bits per heavy atom. The molecular formula is C13H14ClF3N2S. The van der Waals surface area contributed by atoms with E-state index in [1.807, 2.05) is 13.8 Å². The number of thioether (sulfide) groups is 1. The van der Waals surface area contributed by atoms with Gasteiger partial charge in [0.2, 0.25) is 0 Å². The number of nitrogens with zero attached hydrogens (tertiary/aromatic N) is 1. The van der Waals surface area contributed by atoms with E-state index in [4.69, 9.17) is 11.6 Å². The van der Waals surface area contributed by atoms with Crippen LogP contribution in [0, 0.1) is 0 Å². The van der Waals surface area contributed by atoms with Gasteiger partial charge in [0.25, 0.3) is 0 Å². The first kappa shape index (κ1) is 15.5. The van der Waals surface area contributed by atoms with Gasteiger partial charge in [-0.1, -0.05) is 30.3 Å². The number of amidine groups is 1. The highest BCUT2D eigenvalue weighted by molar-refractivity contribution is 8.14. The van der Waals surface area contributed by atoms with E-state index >= 15 is 0 Å². The zero-order chi connectivity index (χ0) is 14.9. The molecule has 1 aliphatic rings. The summed E-state index contributed by atoms with van der Waals surface area (Å²) in [6.45, 7) is 3.98. The van der Waals surface area contributed by atoms with E-state index in [0.29, 0.717) is 10.4 Å². The third-order valence-electron chi connectivity index (χ3n) is 2.85. The molecule has 0 aromatic heterocycles. The van der Waals surface area contributed by atoms with Crippen molar-refractivity contribution >= 4 is 34.2 Å². The number of anilines is 1. The SMILES string of the molecule is CC1CC(C)SC(Nc2ccc(Cl)cc2C(F)(F)F)=N1. The second-order valence-electron chi connectivity index (χ2n) is 4.76. The van der Waals surface area contributed by atoms with Gasteiger partial charge in [0.05, 0.1) is 17.3 Å². The van der Waals surface area contributed by atoms with Gasteiger partial charge >= 0.3 is 6.18 Å². The first-order valence-electron chi connectivity index (χ1n) is 6.14. The quantitative estimate of drug-likeness (QED) is 0.783. The zero-order valence-corrected chi connectivity index (χ0v) is 12.5. The third-order valence-corrected chi connectivity index (χ3v) is 4.11. The van der Waals surface area contributed by atoms with Gasteiger partial charge in [0.1, 0.15) is 0 Å². The van der Waals surface area contributed by atoms with E-state index in [9.17, 15) is 13.2 Å². The number of benzene rings is 1. The summed E-state index contributed by atoms with van der Waals surface area (Å²) in [7, 11) is 0. The van der Waals surface area contributed by atoms with Crippen LogP contribution in [0.1, 0.15) is 25.8 Å². The monoisotopic (exact) mass is 322 g/mol. The Bertz CT molecular complexity index is 531. The van der Waals surface area contributed by atoms with Gasteiger partial charge in [-0.25, -0.2) is 0 Å². The summed E-state index contributed by atoms with van der Waals surface area (Å²) in [6.07, 6.45) is -3.53. The number of halogens is 4. The molecule has 1 heterocycles. The van der Waals surface area contributed by atoms with E-state index in [1.54, 1.807) is 0 Å². The van der Waals surface area contributed by atoms with Gasteiger partial charge in [0.15, 0.2) is 5.17 Å². The van der Waals surface area contributed by atoms with Crippen LogP contribution in [-0.2, 0) is 6.18 Å². The minimum atomic E-state index is -4.45. The molecule has 0 bridgehead atoms. The van der Waals surface area contributed by atoms with Crippen LogP contribution in [0.25, 0.3) is 0 Å². The van der Waals surface area contributed by atoms with Crippen molar-refractivity contribution in [1.82, 2.24) is 0 Å². The summed E-state index contributed by atoms with van der Waals surface area (Å²) in [5.74, 6) is 0. The standard InChI is InChI=1S/C13H14ClF3N2S/c1-7-5-8(2)20-12(18-7)19-11-4-3-9(14)6-10(11)13(15,16)17/h3-4,6-8H,5H2,1-2H3,(H,18,19). The van der Waals surface area contributed by atoms with Crippen molar-refractivity contribution in [3.63, 3.8) is 0 Å². The molecule has 20 heavy (non-hydrogen) atoms. The Balaban J connectivity index is 2.30. The Morgan fingerprint density at radius 3 is 2.65 bits per heavy atom. The lowest BCUT2D eigenvalue weighted by atomic mass is 10.1. The fraction of sp³-hybridized carbons (Fsp3) is 0.462. The van der Waals surface area contributed by atoms with Gasteiger partial charge in [-0.3, -0.25) is 4.99 Å². The van der Waals surface area contributed by atoms with Crippen molar-refractivity contribution in [3.05, 3.63) is 28.8 Å². The lowest BCUT2D eigenvalue weighted by molar-refractivity contribution is -0.136. The predicted octanol–water partition coefficient (Wildman–Crippen LogP) is 5.04. The average molecular weight is 323 g/mol. The van der Waals surface area contributed by atoms with Crippen molar-refractivity contribution in [2.24, 2.45) is 4.99 Å². The lowest BCUT2D eigenvalue weighted by Crippen LogP contribution is -2.23. The summed E-state index contributed by atoms with van der Waals surface area (Å²) < 4.78 is 39.0. The Morgan fingerprint density at radius 1 is 1.35 bits per heavy atom. The fourth-order valence-electron chi connectivity index (χ4n) is 2.04. The summed E-state index contributed by atoms with van der Waals surface area (Å²) >= 11 is 7.10. The van der Waals surface area contributed by atoms with E-state index < -0.39 is 11.7 Å². The molecular weight excluding hydrogens is 309 g/mol. The molecule has 7 heteroatoms. The fourth-order valence-corrected chi connectivity index (χ4v) is 3.38. The Kier molecular flexibility index (Phi) is 4.54. The summed E-state index contributed by atoms with van der Waals surface area (Å²) in [4.78, 5) is 4.34. The highest BCUT2D eigenvalue weighted by Crippen LogP contribution is 2.37. The van der Waals surface area contributed by atoms with Gasteiger partial charge < -0.3 is 5.32 Å². The van der Waals surface area contributed by atoms with Gasteiger partial charge in [-0.05, 0) is 31.5 Å². The normalized spacial score (nSPS) is 23.4. The topological polar surface area (TPSA) is 24.4 Å². The minimum absolute atomic E-state index is 0.0190. The molecule has 0 saturated carbocycles. The van der Waals surface area contributed by atoms with Crippen molar-refractivity contribution in [2.45, 2.75) is 37.7 Å². The molecule has 1 N–H and O–H groups in total. The largest absolute Gasteiger partial charge is 0.418 e. The molecule has 2 rings (SSSR count). The first-order chi connectivity index (χ1) is 9.25. The highest BCUT2D eigenvalue weighted by Gasteiger charge is 2.34. The number of rotatable bonds is 1. The molecule has 2 atom stereocenters. The van der Waals surface area contributed by atoms with Crippen LogP contribution in [0.15, 0.2) is 23.2 Å². The molecule has 2 unspecified atom stereocenters. The second kappa shape index (κ2) is 5.85. The average Bonchev–Trinajstić information content (AvgIpc) is 2.28. The first-order valence-corrected chi connectivity index (χ1v) is 7.39. The second-order valence-corrected chi connectivity index (χ2v) is 6.62. The molecule has 0 saturated heterocycles. The lowest BCUT2D eigenvalue weighted by Gasteiger charge is -2.24. The molecule has 0 spiro atoms. The van der Waals surface area contributed by atoms with Gasteiger partial charge in [0, 0.05) is 10.3 Å². The smallest absolute Gasteiger partial charge is 0.334 e. The number of hydrogen-bond acceptors (Lipinski definition) is 3. The predicted molar refractivity (Wildman–Crippen MR) is 78.6 cm³/mol. The molecule has 110 valence electrons. The van der Waals surface area contributed by atoms with Crippen LogP contribution in [0.3, 0.4) is 0 Å². The molecule has 1 aromatic carbocycles. The molecule has 0 aliphatic carbocycles. The maximum absolute atomic E-state index is 13.0. The van der Waals surface area contributed by atoms with Crippen LogP contribution in [-0.4, -0.2) is 16.5 Å². The molecule has 0 fully saturated rings. The third kappa shape index (κ3) is 3.82. The Labute approximate surface area is 124 Å². The molecule has 1 aromatic rings. The van der Waals surface area contributed by atoms with Crippen LogP contribution in [0.4, 0.5) is 18.9 Å². The van der Waals surface area contributed by atoms with E-state index in [1.165, 1.54) is 23.9 Å². The maximum atomic E-state index is 13.0. The summed E-state index contributed by atoms with van der Waals surface area (Å²) in [5.41, 5.74) is -0.798. The molecule has 2 nitrogen and oxygen atoms in total. The Hall–Kier alpha value is -0.880. The maximum Gasteiger partial charge on any atom is 0.418 e. The molecule has 0 amide bonds. The van der Waals surface area contributed by atoms with Gasteiger partial charge in [-0.2, -0.15) is 13.2 Å². The number of nitrogens with one attached hydrogen (secondary N) is 1. The van der Waals surface area contributed by atoms with E-state index in [0.717, 1.165) is 12.5 Å². The number of hydrogen-bond donors (Lipinski definition) is 1. The number of alkyl halides is 3. The van der Waals surface area contributed by atoms with E-state index in [-0.39, 0.29) is 16.8 Å². The van der Waals surface area contributed by atoms with Crippen molar-refractivity contribution in [2.75, 3.05) is 5.32 Å². The summed E-state index contributed by atoms with van der Waals surface area (Å²) in [5, 5.41) is 3.68. The van der Waals surface area contributed by atoms with Crippen LogP contribution in [0.5, 0.6) is 0 Å². The van der Waals surface area contributed by atoms with Crippen LogP contribution in [0.2, 0.25) is 5.02 Å². The van der Waals surface area contributed by atoms with Crippen LogP contribution < -0.4 is 5.32 Å². The van der Waals surface area contributed by atoms with Crippen molar-refractivity contribution in [3.8, 4) is 0 Å². The van der Waals surface area contributed by atoms with Crippen LogP contribution >= 0.6 is 23.4 Å². The summed E-state index contributed by atoms with van der Waals surface area (Å²) in [6, 6.07) is 3.79. The molecule has 1 aliphatic heterocycles. The van der Waals surface area contributed by atoms with E-state index in [2.05, 4.69) is 10.3 Å². The van der Waals surface area contributed by atoms with Crippen molar-refractivity contribution < 1.29 is 13.2 Å². The van der Waals surface area contributed by atoms with Crippen molar-refractivity contribution in [1.29, 1.82) is 0 Å². The van der Waals surface area contributed by atoms with Gasteiger partial charge in [-0.15, -0.1) is 0 Å². The number of aliphatic imine (C=N–C) groups is 1. The zero-order valence-electron chi connectivity index (χ0n) is 11.0. The highest BCUT2D eigenvalue weighted by atomic mass is 35.5. The molecule has 0 radical (unpaired) electrons.